The summed E-state index contributed by atoms with van der Waals surface area (Å²) in [5.74, 6) is 0. The molecule has 0 spiro atoms. The maximum absolute atomic E-state index is 8.66. The van der Waals surface area contributed by atoms with E-state index in [1.807, 2.05) is 0 Å². The van der Waals surface area contributed by atoms with Crippen molar-refractivity contribution in [2.45, 2.75) is 45.6 Å². The SMILES string of the molecule is CC(C)(C)c1ccc(CNCCCCO)cc1. The molecule has 0 saturated carbocycles. The molecule has 0 unspecified atom stereocenters. The van der Waals surface area contributed by atoms with Crippen molar-refractivity contribution >= 4 is 0 Å². The van der Waals surface area contributed by atoms with E-state index in [2.05, 4.69) is 50.4 Å². The lowest BCUT2D eigenvalue weighted by atomic mass is 9.87. The number of unbranched alkanes of at least 4 members (excludes halogenated alkanes) is 1. The molecule has 2 N–H and O–H groups in total. The van der Waals surface area contributed by atoms with E-state index in [4.69, 9.17) is 5.11 Å². The fourth-order valence-corrected chi connectivity index (χ4v) is 1.72. The monoisotopic (exact) mass is 235 g/mol. The smallest absolute Gasteiger partial charge is 0.0431 e. The molecular weight excluding hydrogens is 210 g/mol. The third-order valence-electron chi connectivity index (χ3n) is 2.91. The molecule has 1 aromatic rings. The lowest BCUT2D eigenvalue weighted by molar-refractivity contribution is 0.283. The second-order valence-corrected chi connectivity index (χ2v) is 5.55. The fraction of sp³-hybridized carbons (Fsp3) is 0.600. The van der Waals surface area contributed by atoms with Crippen LogP contribution in [0.25, 0.3) is 0 Å². The molecule has 0 heterocycles. The summed E-state index contributed by atoms with van der Waals surface area (Å²) >= 11 is 0. The molecule has 0 atom stereocenters. The third kappa shape index (κ3) is 5.33. The van der Waals surface area contributed by atoms with Crippen molar-refractivity contribution in [2.75, 3.05) is 13.2 Å². The van der Waals surface area contributed by atoms with Crippen LogP contribution in [0.2, 0.25) is 0 Å². The van der Waals surface area contributed by atoms with Gasteiger partial charge in [-0.1, -0.05) is 45.0 Å². The topological polar surface area (TPSA) is 32.3 Å². The summed E-state index contributed by atoms with van der Waals surface area (Å²) in [5.41, 5.74) is 2.93. The van der Waals surface area contributed by atoms with Crippen LogP contribution in [-0.4, -0.2) is 18.3 Å². The quantitative estimate of drug-likeness (QED) is 0.743. The van der Waals surface area contributed by atoms with Crippen molar-refractivity contribution in [3.8, 4) is 0 Å². The minimum absolute atomic E-state index is 0.229. The summed E-state index contributed by atoms with van der Waals surface area (Å²) in [5, 5.41) is 12.0. The van der Waals surface area contributed by atoms with E-state index in [0.29, 0.717) is 6.61 Å². The Kier molecular flexibility index (Phi) is 5.66. The third-order valence-corrected chi connectivity index (χ3v) is 2.91. The van der Waals surface area contributed by atoms with Gasteiger partial charge in [-0.25, -0.2) is 0 Å². The van der Waals surface area contributed by atoms with Gasteiger partial charge in [-0.05, 0) is 35.9 Å². The predicted molar refractivity (Wildman–Crippen MR) is 73.2 cm³/mol. The lowest BCUT2D eigenvalue weighted by Crippen LogP contribution is -2.15. The summed E-state index contributed by atoms with van der Waals surface area (Å²) in [6.45, 7) is 8.87. The molecule has 0 saturated heterocycles. The van der Waals surface area contributed by atoms with Gasteiger partial charge < -0.3 is 10.4 Å². The highest BCUT2D eigenvalue weighted by Gasteiger charge is 2.12. The van der Waals surface area contributed by atoms with E-state index in [1.54, 1.807) is 0 Å². The number of rotatable bonds is 6. The van der Waals surface area contributed by atoms with Crippen LogP contribution < -0.4 is 5.32 Å². The Balaban J connectivity index is 2.36. The molecule has 1 aromatic carbocycles. The van der Waals surface area contributed by atoms with Crippen molar-refractivity contribution < 1.29 is 5.11 Å². The summed E-state index contributed by atoms with van der Waals surface area (Å²) in [7, 11) is 0. The standard InChI is InChI=1S/C15H25NO/c1-15(2,3)14-8-6-13(7-9-14)12-16-10-4-5-11-17/h6-9,16-17H,4-5,10-12H2,1-3H3. The van der Waals surface area contributed by atoms with E-state index >= 15 is 0 Å². The summed E-state index contributed by atoms with van der Waals surface area (Å²) in [4.78, 5) is 0. The first kappa shape index (κ1) is 14.2. The molecule has 0 aliphatic carbocycles. The van der Waals surface area contributed by atoms with Crippen LogP contribution in [0.5, 0.6) is 0 Å². The van der Waals surface area contributed by atoms with E-state index in [-0.39, 0.29) is 5.41 Å². The number of aliphatic hydroxyl groups is 1. The zero-order chi connectivity index (χ0) is 12.7. The van der Waals surface area contributed by atoms with Crippen molar-refractivity contribution in [3.05, 3.63) is 35.4 Å². The van der Waals surface area contributed by atoms with E-state index in [0.717, 1.165) is 25.9 Å². The normalized spacial score (nSPS) is 11.8. The summed E-state index contributed by atoms with van der Waals surface area (Å²) in [6.07, 6.45) is 1.92. The van der Waals surface area contributed by atoms with Gasteiger partial charge >= 0.3 is 0 Å². The first-order chi connectivity index (χ1) is 8.04. The maximum Gasteiger partial charge on any atom is 0.0431 e. The Morgan fingerprint density at radius 2 is 1.71 bits per heavy atom. The Morgan fingerprint density at radius 1 is 1.06 bits per heavy atom. The van der Waals surface area contributed by atoms with Gasteiger partial charge in [0.25, 0.3) is 0 Å². The second kappa shape index (κ2) is 6.77. The van der Waals surface area contributed by atoms with Gasteiger partial charge in [-0.2, -0.15) is 0 Å². The molecule has 1 rings (SSSR count). The summed E-state index contributed by atoms with van der Waals surface area (Å²) in [6, 6.07) is 8.81. The minimum Gasteiger partial charge on any atom is -0.396 e. The van der Waals surface area contributed by atoms with Crippen LogP contribution in [0.3, 0.4) is 0 Å². The Bertz CT molecular complexity index is 311. The Hall–Kier alpha value is -0.860. The van der Waals surface area contributed by atoms with Gasteiger partial charge in [0.1, 0.15) is 0 Å². The van der Waals surface area contributed by atoms with Crippen LogP contribution in [0.4, 0.5) is 0 Å². The molecule has 2 nitrogen and oxygen atoms in total. The van der Waals surface area contributed by atoms with Crippen LogP contribution in [-0.2, 0) is 12.0 Å². The van der Waals surface area contributed by atoms with Crippen LogP contribution >= 0.6 is 0 Å². The molecule has 0 aliphatic heterocycles. The van der Waals surface area contributed by atoms with Crippen molar-refractivity contribution in [3.63, 3.8) is 0 Å². The Labute approximate surface area is 105 Å². The van der Waals surface area contributed by atoms with Gasteiger partial charge in [0.2, 0.25) is 0 Å². The lowest BCUT2D eigenvalue weighted by Gasteiger charge is -2.19. The first-order valence-corrected chi connectivity index (χ1v) is 6.45. The number of nitrogens with one attached hydrogen (secondary N) is 1. The van der Waals surface area contributed by atoms with Crippen molar-refractivity contribution in [1.29, 1.82) is 0 Å². The number of hydrogen-bond acceptors (Lipinski definition) is 2. The molecule has 0 radical (unpaired) electrons. The fourth-order valence-electron chi connectivity index (χ4n) is 1.72. The molecule has 96 valence electrons. The zero-order valence-electron chi connectivity index (χ0n) is 11.3. The molecule has 0 bridgehead atoms. The number of aliphatic hydroxyl groups excluding tert-OH is 1. The molecule has 0 fully saturated rings. The average Bonchev–Trinajstić information content (AvgIpc) is 2.28. The van der Waals surface area contributed by atoms with E-state index in [9.17, 15) is 0 Å². The van der Waals surface area contributed by atoms with Gasteiger partial charge in [0.15, 0.2) is 0 Å². The van der Waals surface area contributed by atoms with Crippen molar-refractivity contribution in [1.82, 2.24) is 5.32 Å². The van der Waals surface area contributed by atoms with Crippen LogP contribution in [0.1, 0.15) is 44.7 Å². The highest BCUT2D eigenvalue weighted by Crippen LogP contribution is 2.22. The van der Waals surface area contributed by atoms with E-state index < -0.39 is 0 Å². The van der Waals surface area contributed by atoms with Crippen LogP contribution in [0.15, 0.2) is 24.3 Å². The minimum atomic E-state index is 0.229. The number of hydrogen-bond donors (Lipinski definition) is 2. The van der Waals surface area contributed by atoms with Crippen LogP contribution in [0, 0.1) is 0 Å². The Morgan fingerprint density at radius 3 is 2.24 bits per heavy atom. The molecule has 17 heavy (non-hydrogen) atoms. The van der Waals surface area contributed by atoms with Gasteiger partial charge in [-0.3, -0.25) is 0 Å². The highest BCUT2D eigenvalue weighted by atomic mass is 16.2. The molecule has 2 heteroatoms. The van der Waals surface area contributed by atoms with Gasteiger partial charge in [-0.15, -0.1) is 0 Å². The van der Waals surface area contributed by atoms with Gasteiger partial charge in [0.05, 0.1) is 0 Å². The summed E-state index contributed by atoms with van der Waals surface area (Å²) < 4.78 is 0. The maximum atomic E-state index is 8.66. The number of benzene rings is 1. The average molecular weight is 235 g/mol. The molecule has 0 amide bonds. The van der Waals surface area contributed by atoms with E-state index in [1.165, 1.54) is 11.1 Å². The van der Waals surface area contributed by atoms with Gasteiger partial charge in [0, 0.05) is 13.2 Å². The molecule has 0 aliphatic rings. The van der Waals surface area contributed by atoms with Crippen molar-refractivity contribution in [2.24, 2.45) is 0 Å². The highest BCUT2D eigenvalue weighted by molar-refractivity contribution is 5.27. The molecule has 0 aromatic heterocycles. The zero-order valence-corrected chi connectivity index (χ0v) is 11.3. The molecular formula is C15H25NO. The second-order valence-electron chi connectivity index (χ2n) is 5.55. The largest absolute Gasteiger partial charge is 0.396 e. The first-order valence-electron chi connectivity index (χ1n) is 6.45. The predicted octanol–water partition coefficient (Wildman–Crippen LogP) is 2.85.